The Bertz CT molecular complexity index is 645. The molecule has 0 saturated heterocycles. The molecule has 0 radical (unpaired) electrons. The Morgan fingerprint density at radius 1 is 1.00 bits per heavy atom. The fraction of sp³-hybridized carbons (Fsp3) is 0. The summed E-state index contributed by atoms with van der Waals surface area (Å²) < 4.78 is 32.2. The molecule has 1 N–H and O–H groups in total. The Labute approximate surface area is 92.3 Å². The third kappa shape index (κ3) is 2.41. The lowest BCUT2D eigenvalue weighted by Gasteiger charge is -1.99. The van der Waals surface area contributed by atoms with E-state index in [2.05, 4.69) is 9.63 Å². The van der Waals surface area contributed by atoms with E-state index in [0.29, 0.717) is 5.69 Å². The van der Waals surface area contributed by atoms with Gasteiger partial charge in [-0.05, 0) is 16.0 Å². The first-order valence-electron chi connectivity index (χ1n) is 4.44. The van der Waals surface area contributed by atoms with Gasteiger partial charge in [-0.3, -0.25) is 4.55 Å². The van der Waals surface area contributed by atoms with Crippen molar-refractivity contribution < 1.29 is 13.0 Å². The van der Waals surface area contributed by atoms with Crippen molar-refractivity contribution in [3.05, 3.63) is 42.5 Å². The molecule has 5 nitrogen and oxygen atoms in total. The van der Waals surface area contributed by atoms with Crippen LogP contribution in [0.3, 0.4) is 0 Å². The highest BCUT2D eigenvalue weighted by molar-refractivity contribution is 7.84. The SMILES string of the molecule is O=S(=O)(O)/N=N/c1cccc2ccccc12. The second-order valence-electron chi connectivity index (χ2n) is 3.13. The molecular formula is C10H8N2O3S. The monoisotopic (exact) mass is 236 g/mol. The van der Waals surface area contributed by atoms with Gasteiger partial charge in [0.2, 0.25) is 0 Å². The van der Waals surface area contributed by atoms with Crippen LogP contribution in [0, 0.1) is 0 Å². The van der Waals surface area contributed by atoms with E-state index in [1.807, 2.05) is 24.3 Å². The summed E-state index contributed by atoms with van der Waals surface area (Å²) in [6.07, 6.45) is 0. The zero-order chi connectivity index (χ0) is 11.6. The fourth-order valence-electron chi connectivity index (χ4n) is 1.39. The summed E-state index contributed by atoms with van der Waals surface area (Å²) >= 11 is 0. The van der Waals surface area contributed by atoms with E-state index in [4.69, 9.17) is 4.55 Å². The quantitative estimate of drug-likeness (QED) is 0.643. The predicted molar refractivity (Wildman–Crippen MR) is 60.0 cm³/mol. The highest BCUT2D eigenvalue weighted by atomic mass is 32.2. The summed E-state index contributed by atoms with van der Waals surface area (Å²) in [6.45, 7) is 0. The average molecular weight is 236 g/mol. The van der Waals surface area contributed by atoms with E-state index in [9.17, 15) is 8.42 Å². The minimum absolute atomic E-state index is 0.399. The van der Waals surface area contributed by atoms with Crippen molar-refractivity contribution in [3.63, 3.8) is 0 Å². The molecule has 0 aliphatic rings. The third-order valence-electron chi connectivity index (χ3n) is 2.02. The Hall–Kier alpha value is -1.79. The molecule has 0 aromatic heterocycles. The Kier molecular flexibility index (Phi) is 2.67. The summed E-state index contributed by atoms with van der Waals surface area (Å²) in [4.78, 5) is 0. The predicted octanol–water partition coefficient (Wildman–Crippen LogP) is 2.73. The van der Waals surface area contributed by atoms with Gasteiger partial charge in [0.25, 0.3) is 0 Å². The van der Waals surface area contributed by atoms with Crippen LogP contribution in [-0.4, -0.2) is 13.0 Å². The van der Waals surface area contributed by atoms with Crippen molar-refractivity contribution in [2.75, 3.05) is 0 Å². The van der Waals surface area contributed by atoms with E-state index >= 15 is 0 Å². The molecule has 2 aromatic carbocycles. The van der Waals surface area contributed by atoms with Crippen LogP contribution in [0.5, 0.6) is 0 Å². The van der Waals surface area contributed by atoms with Crippen LogP contribution in [0.4, 0.5) is 5.69 Å². The van der Waals surface area contributed by atoms with Crippen molar-refractivity contribution in [3.8, 4) is 0 Å². The first-order chi connectivity index (χ1) is 7.56. The number of hydrogen-bond acceptors (Lipinski definition) is 3. The number of rotatable bonds is 2. The lowest BCUT2D eigenvalue weighted by atomic mass is 10.1. The Morgan fingerprint density at radius 2 is 1.69 bits per heavy atom. The molecule has 0 aliphatic heterocycles. The molecule has 0 saturated carbocycles. The molecule has 0 fully saturated rings. The van der Waals surface area contributed by atoms with Crippen molar-refractivity contribution in [1.82, 2.24) is 0 Å². The number of benzene rings is 2. The Morgan fingerprint density at radius 3 is 2.44 bits per heavy atom. The van der Waals surface area contributed by atoms with Gasteiger partial charge in [-0.25, -0.2) is 0 Å². The van der Waals surface area contributed by atoms with Gasteiger partial charge in [0.05, 0.1) is 5.69 Å². The van der Waals surface area contributed by atoms with E-state index in [1.165, 1.54) is 0 Å². The molecule has 0 unspecified atom stereocenters. The second kappa shape index (κ2) is 3.99. The van der Waals surface area contributed by atoms with Gasteiger partial charge in [0, 0.05) is 5.39 Å². The van der Waals surface area contributed by atoms with Crippen LogP contribution in [0.15, 0.2) is 52.1 Å². The van der Waals surface area contributed by atoms with E-state index in [0.717, 1.165) is 10.8 Å². The minimum Gasteiger partial charge on any atom is -0.267 e. The Balaban J connectivity index is 2.57. The van der Waals surface area contributed by atoms with E-state index in [1.54, 1.807) is 18.2 Å². The van der Waals surface area contributed by atoms with Crippen LogP contribution in [-0.2, 0) is 10.3 Å². The molecule has 2 aromatic rings. The van der Waals surface area contributed by atoms with Crippen molar-refractivity contribution in [2.24, 2.45) is 9.63 Å². The summed E-state index contributed by atoms with van der Waals surface area (Å²) in [5.41, 5.74) is 0.399. The molecule has 2 rings (SSSR count). The van der Waals surface area contributed by atoms with Gasteiger partial charge in [-0.2, -0.15) is 8.42 Å². The second-order valence-corrected chi connectivity index (χ2v) is 4.19. The van der Waals surface area contributed by atoms with Gasteiger partial charge >= 0.3 is 10.3 Å². The van der Waals surface area contributed by atoms with Crippen LogP contribution >= 0.6 is 0 Å². The number of fused-ring (bicyclic) bond motifs is 1. The first kappa shape index (κ1) is 10.7. The van der Waals surface area contributed by atoms with Crippen LogP contribution in [0.25, 0.3) is 10.8 Å². The standard InChI is InChI=1S/C10H8N2O3S/c13-16(14,15)12-11-10-7-3-5-8-4-1-2-6-9(8)10/h1-7H,(H,13,14,15)/b12-11+. The highest BCUT2D eigenvalue weighted by Gasteiger charge is 2.01. The lowest BCUT2D eigenvalue weighted by Crippen LogP contribution is -1.88. The van der Waals surface area contributed by atoms with Crippen molar-refractivity contribution in [1.29, 1.82) is 0 Å². The maximum atomic E-state index is 10.4. The van der Waals surface area contributed by atoms with Crippen molar-refractivity contribution >= 4 is 26.8 Å². The number of hydrogen-bond donors (Lipinski definition) is 1. The highest BCUT2D eigenvalue weighted by Crippen LogP contribution is 2.25. The van der Waals surface area contributed by atoms with Gasteiger partial charge in [0.15, 0.2) is 0 Å². The molecule has 0 aliphatic carbocycles. The zero-order valence-corrected chi connectivity index (χ0v) is 8.92. The van der Waals surface area contributed by atoms with Crippen LogP contribution in [0.2, 0.25) is 0 Å². The molecule has 0 heterocycles. The largest absolute Gasteiger partial charge is 0.396 e. The zero-order valence-electron chi connectivity index (χ0n) is 8.11. The fourth-order valence-corrected chi connectivity index (χ4v) is 1.58. The van der Waals surface area contributed by atoms with Gasteiger partial charge < -0.3 is 0 Å². The van der Waals surface area contributed by atoms with Crippen LogP contribution in [0.1, 0.15) is 0 Å². The maximum absolute atomic E-state index is 10.4. The van der Waals surface area contributed by atoms with E-state index in [-0.39, 0.29) is 0 Å². The van der Waals surface area contributed by atoms with Gasteiger partial charge in [-0.15, -0.1) is 5.11 Å². The summed E-state index contributed by atoms with van der Waals surface area (Å²) in [5.74, 6) is 0. The van der Waals surface area contributed by atoms with Gasteiger partial charge in [-0.1, -0.05) is 36.4 Å². The smallest absolute Gasteiger partial charge is 0.267 e. The molecule has 0 atom stereocenters. The summed E-state index contributed by atoms with van der Waals surface area (Å²) in [7, 11) is -4.43. The average Bonchev–Trinajstić information content (AvgIpc) is 2.25. The van der Waals surface area contributed by atoms with E-state index < -0.39 is 10.3 Å². The minimum atomic E-state index is -4.43. The maximum Gasteiger partial charge on any atom is 0.396 e. The van der Waals surface area contributed by atoms with Gasteiger partial charge in [0.1, 0.15) is 0 Å². The summed E-state index contributed by atoms with van der Waals surface area (Å²) in [6, 6.07) is 12.6. The third-order valence-corrected chi connectivity index (χ3v) is 2.31. The topological polar surface area (TPSA) is 79.1 Å². The normalized spacial score (nSPS) is 12.3. The molecule has 6 heteroatoms. The molecule has 82 valence electrons. The molecule has 16 heavy (non-hydrogen) atoms. The molecule has 0 spiro atoms. The van der Waals surface area contributed by atoms with Crippen molar-refractivity contribution in [2.45, 2.75) is 0 Å². The molecule has 0 amide bonds. The molecule has 0 bridgehead atoms. The molecular weight excluding hydrogens is 228 g/mol. The first-order valence-corrected chi connectivity index (χ1v) is 5.84. The number of nitrogens with zero attached hydrogens (tertiary/aromatic N) is 2. The van der Waals surface area contributed by atoms with Crippen LogP contribution < -0.4 is 0 Å². The summed E-state index contributed by atoms with van der Waals surface area (Å²) in [5, 5.41) is 5.19. The lowest BCUT2D eigenvalue weighted by molar-refractivity contribution is 0.482.